The Morgan fingerprint density at radius 3 is 2.83 bits per heavy atom. The van der Waals surface area contributed by atoms with Crippen molar-refractivity contribution in [2.45, 2.75) is 58.0 Å². The number of ether oxygens (including phenoxy) is 1. The van der Waals surface area contributed by atoms with Gasteiger partial charge >= 0.3 is 0 Å². The summed E-state index contributed by atoms with van der Waals surface area (Å²) < 4.78 is 12.1. The Morgan fingerprint density at radius 1 is 1.34 bits per heavy atom. The third-order valence-corrected chi connectivity index (χ3v) is 5.99. The van der Waals surface area contributed by atoms with Crippen molar-refractivity contribution in [3.8, 4) is 0 Å². The fraction of sp³-hybridized carbons (Fsp3) is 0.571. The number of nitrogens with zero attached hydrogens (tertiary/aromatic N) is 2. The number of para-hydroxylation sites is 2. The van der Waals surface area contributed by atoms with Crippen LogP contribution >= 0.6 is 0 Å². The Balaban J connectivity index is 1.68. The zero-order valence-corrected chi connectivity index (χ0v) is 17.3. The molecule has 2 amide bonds. The molecule has 1 aromatic carbocycles. The Bertz CT molecular complexity index is 891. The molecule has 0 saturated carbocycles. The minimum Gasteiger partial charge on any atom is -0.438 e. The molecule has 2 aliphatic rings. The summed E-state index contributed by atoms with van der Waals surface area (Å²) in [5.41, 5.74) is 1.17. The second-order valence-electron chi connectivity index (χ2n) is 8.55. The average molecular weight is 400 g/mol. The van der Waals surface area contributed by atoms with E-state index in [1.165, 1.54) is 0 Å². The minimum atomic E-state index is -0.635. The highest BCUT2D eigenvalue weighted by Gasteiger charge is 2.54. The summed E-state index contributed by atoms with van der Waals surface area (Å²) in [6.45, 7) is 6.35. The predicted molar refractivity (Wildman–Crippen MR) is 107 cm³/mol. The van der Waals surface area contributed by atoms with Gasteiger partial charge in [-0.25, -0.2) is 4.98 Å². The molecule has 3 heterocycles. The number of fused-ring (bicyclic) bond motifs is 2. The van der Waals surface area contributed by atoms with Crippen molar-refractivity contribution in [2.75, 3.05) is 13.7 Å². The lowest BCUT2D eigenvalue weighted by molar-refractivity contribution is -0.145. The van der Waals surface area contributed by atoms with Crippen molar-refractivity contribution < 1.29 is 18.7 Å². The second kappa shape index (κ2) is 7.42. The average Bonchev–Trinajstić information content (AvgIpc) is 3.18. The van der Waals surface area contributed by atoms with Gasteiger partial charge in [0.25, 0.3) is 0 Å². The number of carbonyl (C=O) groups excluding carboxylic acids is 2. The van der Waals surface area contributed by atoms with E-state index in [4.69, 9.17) is 9.15 Å². The third kappa shape index (κ3) is 3.51. The molecule has 156 valence electrons. The molecule has 2 aromatic rings. The molecule has 4 atom stereocenters. The molecule has 2 fully saturated rings. The van der Waals surface area contributed by atoms with E-state index in [-0.39, 0.29) is 35.5 Å². The predicted octanol–water partition coefficient (Wildman–Crippen LogP) is 1.97. The van der Waals surface area contributed by atoms with Crippen molar-refractivity contribution in [2.24, 2.45) is 5.41 Å². The quantitative estimate of drug-likeness (QED) is 0.815. The number of hydrogen-bond donors (Lipinski definition) is 2. The van der Waals surface area contributed by atoms with Crippen LogP contribution in [0.25, 0.3) is 11.1 Å². The van der Waals surface area contributed by atoms with Crippen LogP contribution < -0.4 is 10.6 Å². The molecule has 2 aliphatic heterocycles. The van der Waals surface area contributed by atoms with Crippen LogP contribution in [0.5, 0.6) is 0 Å². The first-order chi connectivity index (χ1) is 13.8. The fourth-order valence-electron chi connectivity index (χ4n) is 4.26. The van der Waals surface area contributed by atoms with Gasteiger partial charge in [-0.2, -0.15) is 0 Å². The number of hydrogen-bond acceptors (Lipinski definition) is 6. The van der Waals surface area contributed by atoms with Gasteiger partial charge in [0.15, 0.2) is 5.58 Å². The summed E-state index contributed by atoms with van der Waals surface area (Å²) >= 11 is 0. The van der Waals surface area contributed by atoms with Crippen LogP contribution in [0.3, 0.4) is 0 Å². The zero-order valence-electron chi connectivity index (χ0n) is 17.3. The van der Waals surface area contributed by atoms with E-state index >= 15 is 0 Å². The highest BCUT2D eigenvalue weighted by Crippen LogP contribution is 2.51. The van der Waals surface area contributed by atoms with Gasteiger partial charge in [-0.15, -0.1) is 0 Å². The van der Waals surface area contributed by atoms with Crippen LogP contribution in [0.2, 0.25) is 0 Å². The molecule has 0 spiro atoms. The van der Waals surface area contributed by atoms with E-state index in [1.54, 1.807) is 18.9 Å². The minimum absolute atomic E-state index is 0.151. The molecular formula is C21H28N4O4. The largest absolute Gasteiger partial charge is 0.438 e. The summed E-state index contributed by atoms with van der Waals surface area (Å²) in [6.07, 6.45) is 0.755. The maximum atomic E-state index is 13.5. The van der Waals surface area contributed by atoms with Gasteiger partial charge in [-0.3, -0.25) is 9.59 Å². The van der Waals surface area contributed by atoms with Crippen LogP contribution in [-0.2, 0) is 14.3 Å². The molecule has 0 bridgehead atoms. The van der Waals surface area contributed by atoms with Crippen molar-refractivity contribution in [3.05, 3.63) is 30.2 Å². The number of rotatable bonds is 4. The summed E-state index contributed by atoms with van der Waals surface area (Å²) in [5, 5.41) is 5.77. The second-order valence-corrected chi connectivity index (χ2v) is 8.55. The van der Waals surface area contributed by atoms with Crippen molar-refractivity contribution in [3.63, 3.8) is 0 Å². The highest BCUT2D eigenvalue weighted by molar-refractivity contribution is 5.90. The maximum absolute atomic E-state index is 13.5. The van der Waals surface area contributed by atoms with Crippen molar-refractivity contribution in [1.82, 2.24) is 20.5 Å². The smallest absolute Gasteiger partial charge is 0.247 e. The lowest BCUT2D eigenvalue weighted by atomic mass is 9.84. The first kappa shape index (κ1) is 19.8. The topological polar surface area (TPSA) is 96.7 Å². The van der Waals surface area contributed by atoms with Gasteiger partial charge in [0, 0.05) is 6.42 Å². The lowest BCUT2D eigenvalue weighted by Crippen LogP contribution is -2.53. The van der Waals surface area contributed by atoms with E-state index in [0.29, 0.717) is 30.9 Å². The summed E-state index contributed by atoms with van der Waals surface area (Å²) in [6, 6.07) is 6.18. The van der Waals surface area contributed by atoms with E-state index in [0.717, 1.165) is 5.52 Å². The van der Waals surface area contributed by atoms with Gasteiger partial charge in [-0.05, 0) is 37.9 Å². The molecule has 0 radical (unpaired) electrons. The van der Waals surface area contributed by atoms with Crippen LogP contribution in [-0.4, -0.2) is 53.7 Å². The number of nitrogens with one attached hydrogen (secondary N) is 2. The molecule has 2 saturated heterocycles. The summed E-state index contributed by atoms with van der Waals surface area (Å²) in [5.74, 6) is 0.148. The molecular weight excluding hydrogens is 372 g/mol. The summed E-state index contributed by atoms with van der Waals surface area (Å²) in [4.78, 5) is 32.3. The van der Waals surface area contributed by atoms with Gasteiger partial charge in [0.1, 0.15) is 23.8 Å². The first-order valence-electron chi connectivity index (χ1n) is 10.1. The number of aromatic nitrogens is 1. The Kier molecular flexibility index (Phi) is 5.08. The molecule has 4 rings (SSSR count). The molecule has 0 aliphatic carbocycles. The summed E-state index contributed by atoms with van der Waals surface area (Å²) in [7, 11) is 1.71. The number of amides is 2. The monoisotopic (exact) mass is 400 g/mol. The SMILES string of the molecule is CN[C@@H](C)C(=O)NC1CCO[C@H]2CC(C)(C)C(c3nc4ccccc4o3)N2C1=O. The van der Waals surface area contributed by atoms with Gasteiger partial charge in [-0.1, -0.05) is 26.0 Å². The van der Waals surface area contributed by atoms with Crippen LogP contribution in [0, 0.1) is 5.41 Å². The third-order valence-electron chi connectivity index (χ3n) is 5.99. The van der Waals surface area contributed by atoms with Gasteiger partial charge < -0.3 is 24.7 Å². The van der Waals surface area contributed by atoms with Gasteiger partial charge in [0.2, 0.25) is 17.7 Å². The fourth-order valence-corrected chi connectivity index (χ4v) is 4.26. The van der Waals surface area contributed by atoms with Crippen LogP contribution in [0.4, 0.5) is 0 Å². The number of oxazole rings is 1. The van der Waals surface area contributed by atoms with Crippen LogP contribution in [0.15, 0.2) is 28.7 Å². The van der Waals surface area contributed by atoms with Crippen LogP contribution in [0.1, 0.15) is 45.5 Å². The first-order valence-corrected chi connectivity index (χ1v) is 10.1. The number of carbonyl (C=O) groups is 2. The maximum Gasteiger partial charge on any atom is 0.247 e. The normalized spacial score (nSPS) is 27.5. The molecule has 8 nitrogen and oxygen atoms in total. The number of likely N-dealkylation sites (N-methyl/N-ethyl adjacent to an activating group) is 1. The zero-order chi connectivity index (χ0) is 20.8. The van der Waals surface area contributed by atoms with E-state index < -0.39 is 6.04 Å². The Morgan fingerprint density at radius 2 is 2.10 bits per heavy atom. The highest BCUT2D eigenvalue weighted by atomic mass is 16.5. The molecule has 2 N–H and O–H groups in total. The van der Waals surface area contributed by atoms with E-state index in [1.807, 2.05) is 24.3 Å². The van der Waals surface area contributed by atoms with E-state index in [2.05, 4.69) is 29.5 Å². The lowest BCUT2D eigenvalue weighted by Gasteiger charge is -2.32. The van der Waals surface area contributed by atoms with Crippen molar-refractivity contribution >= 4 is 22.9 Å². The Hall–Kier alpha value is -2.45. The number of benzene rings is 1. The van der Waals surface area contributed by atoms with Gasteiger partial charge in [0.05, 0.1) is 12.6 Å². The molecule has 8 heteroatoms. The van der Waals surface area contributed by atoms with Crippen molar-refractivity contribution in [1.29, 1.82) is 0 Å². The molecule has 2 unspecified atom stereocenters. The molecule has 1 aromatic heterocycles. The van der Waals surface area contributed by atoms with E-state index in [9.17, 15) is 9.59 Å². The standard InChI is InChI=1S/C21H28N4O4/c1-12(22-4)18(26)23-14-9-10-28-16-11-21(2,3)17(25(16)20(14)27)19-24-13-7-5-6-8-15(13)29-19/h5-8,12,14,16-17,22H,9-11H2,1-4H3,(H,23,26)/t12-,14?,16-,17?/m0/s1. The molecule has 29 heavy (non-hydrogen) atoms. The Labute approximate surface area is 170 Å².